The van der Waals surface area contributed by atoms with E-state index in [0.717, 1.165) is 23.7 Å². The smallest absolute Gasteiger partial charge is 0.123 e. The molecule has 0 amide bonds. The Morgan fingerprint density at radius 1 is 0.870 bits per heavy atom. The van der Waals surface area contributed by atoms with E-state index in [-0.39, 0.29) is 5.82 Å². The third-order valence-electron chi connectivity index (χ3n) is 6.78. The van der Waals surface area contributed by atoms with E-state index in [0.29, 0.717) is 0 Å². The molecule has 0 aliphatic heterocycles. The zero-order valence-electron chi connectivity index (χ0n) is 14.8. The first-order valence-corrected chi connectivity index (χ1v) is 9.93. The van der Waals surface area contributed by atoms with E-state index in [9.17, 15) is 4.39 Å². The van der Waals surface area contributed by atoms with Crippen LogP contribution in [-0.4, -0.2) is 0 Å². The number of hydrogen-bond donors (Lipinski definition) is 0. The molecule has 0 saturated heterocycles. The van der Waals surface area contributed by atoms with Gasteiger partial charge in [0.1, 0.15) is 5.82 Å². The first-order valence-electron chi connectivity index (χ1n) is 9.93. The van der Waals surface area contributed by atoms with Gasteiger partial charge in [-0.3, -0.25) is 0 Å². The third-order valence-corrected chi connectivity index (χ3v) is 6.78. The van der Waals surface area contributed by atoms with E-state index in [1.54, 1.807) is 12.1 Å². The SMILES string of the molecule is CCCC1CCC2(CC1)CCC(CCc1ccc(F)cc1)CC2. The zero-order valence-corrected chi connectivity index (χ0v) is 14.8. The van der Waals surface area contributed by atoms with E-state index in [1.807, 2.05) is 12.1 Å². The van der Waals surface area contributed by atoms with Gasteiger partial charge in [-0.1, -0.05) is 31.9 Å². The van der Waals surface area contributed by atoms with Crippen molar-refractivity contribution in [2.75, 3.05) is 0 Å². The van der Waals surface area contributed by atoms with Crippen molar-refractivity contribution in [1.29, 1.82) is 0 Å². The van der Waals surface area contributed by atoms with Crippen molar-refractivity contribution in [3.05, 3.63) is 35.6 Å². The van der Waals surface area contributed by atoms with E-state index in [4.69, 9.17) is 0 Å². The average molecular weight is 317 g/mol. The highest BCUT2D eigenvalue weighted by Crippen LogP contribution is 2.51. The van der Waals surface area contributed by atoms with Crippen LogP contribution in [0.3, 0.4) is 0 Å². The summed E-state index contributed by atoms with van der Waals surface area (Å²) < 4.78 is 13.0. The Bertz CT molecular complexity index is 457. The van der Waals surface area contributed by atoms with E-state index in [2.05, 4.69) is 6.92 Å². The van der Waals surface area contributed by atoms with Gasteiger partial charge in [-0.05, 0) is 99.2 Å². The van der Waals surface area contributed by atoms with Crippen LogP contribution in [0.1, 0.15) is 83.1 Å². The highest BCUT2D eigenvalue weighted by molar-refractivity contribution is 5.16. The Morgan fingerprint density at radius 3 is 1.91 bits per heavy atom. The minimum absolute atomic E-state index is 0.118. The van der Waals surface area contributed by atoms with Gasteiger partial charge in [0.15, 0.2) is 0 Å². The Labute approximate surface area is 141 Å². The lowest BCUT2D eigenvalue weighted by atomic mass is 9.61. The molecule has 0 unspecified atom stereocenters. The molecular formula is C22H33F. The van der Waals surface area contributed by atoms with Gasteiger partial charge in [-0.25, -0.2) is 4.39 Å². The Kier molecular flexibility index (Phi) is 5.77. The van der Waals surface area contributed by atoms with Gasteiger partial charge in [0.05, 0.1) is 0 Å². The van der Waals surface area contributed by atoms with Crippen molar-refractivity contribution in [3.8, 4) is 0 Å². The van der Waals surface area contributed by atoms with Crippen LogP contribution in [0.5, 0.6) is 0 Å². The molecule has 2 fully saturated rings. The fourth-order valence-electron chi connectivity index (χ4n) is 5.09. The zero-order chi connectivity index (χ0) is 16.1. The van der Waals surface area contributed by atoms with Crippen molar-refractivity contribution >= 4 is 0 Å². The molecule has 3 rings (SSSR count). The minimum atomic E-state index is -0.118. The molecule has 128 valence electrons. The molecule has 0 aromatic heterocycles. The standard InChI is InChI=1S/C22H33F/c1-2-3-18-10-14-22(15-11-18)16-12-20(13-17-22)5-4-19-6-8-21(23)9-7-19/h6-9,18,20H,2-5,10-17H2,1H3. The molecule has 2 aliphatic carbocycles. The molecule has 1 aromatic carbocycles. The van der Waals surface area contributed by atoms with Gasteiger partial charge in [-0.2, -0.15) is 0 Å². The maximum atomic E-state index is 13.0. The van der Waals surface area contributed by atoms with Crippen molar-refractivity contribution in [2.45, 2.75) is 84.0 Å². The predicted molar refractivity (Wildman–Crippen MR) is 96.0 cm³/mol. The Balaban J connectivity index is 1.41. The summed E-state index contributed by atoms with van der Waals surface area (Å²) in [6.45, 7) is 2.33. The van der Waals surface area contributed by atoms with Gasteiger partial charge in [0.25, 0.3) is 0 Å². The van der Waals surface area contributed by atoms with Crippen molar-refractivity contribution in [1.82, 2.24) is 0 Å². The van der Waals surface area contributed by atoms with E-state index < -0.39 is 0 Å². The molecule has 0 bridgehead atoms. The second-order valence-electron chi connectivity index (χ2n) is 8.34. The molecule has 23 heavy (non-hydrogen) atoms. The van der Waals surface area contributed by atoms with Crippen LogP contribution in [0, 0.1) is 23.1 Å². The van der Waals surface area contributed by atoms with Gasteiger partial charge in [0.2, 0.25) is 0 Å². The van der Waals surface area contributed by atoms with Crippen molar-refractivity contribution in [2.24, 2.45) is 17.3 Å². The summed E-state index contributed by atoms with van der Waals surface area (Å²) in [7, 11) is 0. The first kappa shape index (κ1) is 17.0. The summed E-state index contributed by atoms with van der Waals surface area (Å²) in [4.78, 5) is 0. The topological polar surface area (TPSA) is 0 Å². The molecule has 2 aliphatic rings. The van der Waals surface area contributed by atoms with E-state index >= 15 is 0 Å². The van der Waals surface area contributed by atoms with Crippen LogP contribution in [0.15, 0.2) is 24.3 Å². The van der Waals surface area contributed by atoms with Gasteiger partial charge in [0, 0.05) is 0 Å². The lowest BCUT2D eigenvalue weighted by Gasteiger charge is -2.45. The third kappa shape index (κ3) is 4.58. The molecule has 0 N–H and O–H groups in total. The normalized spacial score (nSPS) is 31.4. The summed E-state index contributed by atoms with van der Waals surface area (Å²) in [5, 5.41) is 0. The predicted octanol–water partition coefficient (Wildman–Crippen LogP) is 6.93. The molecule has 1 aromatic rings. The molecule has 1 heteroatoms. The highest BCUT2D eigenvalue weighted by atomic mass is 19.1. The van der Waals surface area contributed by atoms with Crippen LogP contribution in [0.4, 0.5) is 4.39 Å². The summed E-state index contributed by atoms with van der Waals surface area (Å²) in [6, 6.07) is 7.10. The fourth-order valence-corrected chi connectivity index (χ4v) is 5.09. The van der Waals surface area contributed by atoms with Crippen LogP contribution in [0.2, 0.25) is 0 Å². The number of aryl methyl sites for hydroxylation is 1. The maximum absolute atomic E-state index is 13.0. The van der Waals surface area contributed by atoms with Gasteiger partial charge >= 0.3 is 0 Å². The molecule has 0 atom stereocenters. The van der Waals surface area contributed by atoms with Crippen molar-refractivity contribution < 1.29 is 4.39 Å². The molecule has 2 saturated carbocycles. The quantitative estimate of drug-likeness (QED) is 0.552. The number of hydrogen-bond acceptors (Lipinski definition) is 0. The average Bonchev–Trinajstić information content (AvgIpc) is 2.58. The number of rotatable bonds is 5. The molecule has 0 nitrogen and oxygen atoms in total. The number of halogens is 1. The fraction of sp³-hybridized carbons (Fsp3) is 0.727. The van der Waals surface area contributed by atoms with Crippen LogP contribution in [0.25, 0.3) is 0 Å². The van der Waals surface area contributed by atoms with Crippen molar-refractivity contribution in [3.63, 3.8) is 0 Å². The summed E-state index contributed by atoms with van der Waals surface area (Å²) in [6.07, 6.45) is 17.0. The van der Waals surface area contributed by atoms with Gasteiger partial charge < -0.3 is 0 Å². The van der Waals surface area contributed by atoms with Crippen LogP contribution < -0.4 is 0 Å². The number of benzene rings is 1. The summed E-state index contributed by atoms with van der Waals surface area (Å²) in [5.74, 6) is 1.81. The van der Waals surface area contributed by atoms with Gasteiger partial charge in [-0.15, -0.1) is 0 Å². The molecule has 0 radical (unpaired) electrons. The molecule has 1 spiro atoms. The summed E-state index contributed by atoms with van der Waals surface area (Å²) in [5.41, 5.74) is 2.02. The Hall–Kier alpha value is -0.850. The second kappa shape index (κ2) is 7.81. The van der Waals surface area contributed by atoms with Crippen LogP contribution >= 0.6 is 0 Å². The summed E-state index contributed by atoms with van der Waals surface area (Å²) >= 11 is 0. The molecule has 0 heterocycles. The Morgan fingerprint density at radius 2 is 1.39 bits per heavy atom. The maximum Gasteiger partial charge on any atom is 0.123 e. The lowest BCUT2D eigenvalue weighted by molar-refractivity contribution is 0.0715. The first-order chi connectivity index (χ1) is 11.2. The highest BCUT2D eigenvalue weighted by Gasteiger charge is 2.37. The lowest BCUT2D eigenvalue weighted by Crippen LogP contribution is -2.32. The minimum Gasteiger partial charge on any atom is -0.207 e. The van der Waals surface area contributed by atoms with Crippen LogP contribution in [-0.2, 0) is 6.42 Å². The largest absolute Gasteiger partial charge is 0.207 e. The van der Waals surface area contributed by atoms with E-state index in [1.165, 1.54) is 76.2 Å². The monoisotopic (exact) mass is 316 g/mol. The molecular weight excluding hydrogens is 283 g/mol. The second-order valence-corrected chi connectivity index (χ2v) is 8.34.